The summed E-state index contributed by atoms with van der Waals surface area (Å²) < 4.78 is 17.5. The molecule has 20 heavy (non-hydrogen) atoms. The van der Waals surface area contributed by atoms with Crippen LogP contribution in [-0.4, -0.2) is 31.5 Å². The molecule has 3 rings (SSSR count). The Balaban J connectivity index is 1.71. The highest BCUT2D eigenvalue weighted by atomic mass is 35.5. The first-order valence-corrected chi connectivity index (χ1v) is 7.49. The quantitative estimate of drug-likeness (QED) is 0.853. The van der Waals surface area contributed by atoms with E-state index < -0.39 is 0 Å². The molecule has 2 aliphatic heterocycles. The molecule has 2 fully saturated rings. The molecule has 0 saturated carbocycles. The first-order valence-electron chi connectivity index (χ1n) is 7.11. The van der Waals surface area contributed by atoms with Gasteiger partial charge < -0.3 is 19.9 Å². The van der Waals surface area contributed by atoms with Crippen LogP contribution in [0.5, 0.6) is 5.75 Å². The predicted molar refractivity (Wildman–Crippen MR) is 78.3 cm³/mol. The largest absolute Gasteiger partial charge is 0.486 e. The van der Waals surface area contributed by atoms with Crippen LogP contribution in [0.4, 0.5) is 5.69 Å². The van der Waals surface area contributed by atoms with E-state index in [2.05, 4.69) is 0 Å². The third-order valence-corrected chi connectivity index (χ3v) is 4.43. The Hall–Kier alpha value is -0.970. The van der Waals surface area contributed by atoms with Crippen LogP contribution in [0.3, 0.4) is 0 Å². The van der Waals surface area contributed by atoms with Crippen LogP contribution in [0, 0.1) is 0 Å². The van der Waals surface area contributed by atoms with E-state index in [-0.39, 0.29) is 11.7 Å². The van der Waals surface area contributed by atoms with E-state index in [1.165, 1.54) is 0 Å². The van der Waals surface area contributed by atoms with Gasteiger partial charge >= 0.3 is 0 Å². The highest BCUT2D eigenvalue weighted by Gasteiger charge is 2.40. The van der Waals surface area contributed by atoms with E-state index >= 15 is 0 Å². The van der Waals surface area contributed by atoms with Gasteiger partial charge in [0.25, 0.3) is 0 Å². The number of para-hydroxylation sites is 1. The molecule has 2 saturated heterocycles. The molecule has 0 radical (unpaired) electrons. The summed E-state index contributed by atoms with van der Waals surface area (Å²) >= 11 is 6.17. The number of rotatable bonds is 2. The molecule has 1 spiro atoms. The zero-order valence-electron chi connectivity index (χ0n) is 11.4. The number of nitrogen functional groups attached to an aromatic ring is 1. The summed E-state index contributed by atoms with van der Waals surface area (Å²) in [7, 11) is 0. The maximum absolute atomic E-state index is 6.17. The van der Waals surface area contributed by atoms with Gasteiger partial charge in [-0.2, -0.15) is 0 Å². The summed E-state index contributed by atoms with van der Waals surface area (Å²) in [6.45, 7) is 2.25. The molecule has 0 aliphatic carbocycles. The normalized spacial score (nSPS) is 25.6. The van der Waals surface area contributed by atoms with Gasteiger partial charge in [0, 0.05) is 26.1 Å². The van der Waals surface area contributed by atoms with E-state index in [1.807, 2.05) is 12.1 Å². The van der Waals surface area contributed by atoms with E-state index in [1.54, 1.807) is 6.07 Å². The van der Waals surface area contributed by atoms with Crippen molar-refractivity contribution in [1.82, 2.24) is 0 Å². The maximum Gasteiger partial charge on any atom is 0.161 e. The average Bonchev–Trinajstić information content (AvgIpc) is 2.44. The molecule has 2 N–H and O–H groups in total. The highest BCUT2D eigenvalue weighted by molar-refractivity contribution is 6.32. The molecule has 4 nitrogen and oxygen atoms in total. The summed E-state index contributed by atoms with van der Waals surface area (Å²) in [6, 6.07) is 5.44. The van der Waals surface area contributed by atoms with Crippen LogP contribution in [-0.2, 0) is 9.47 Å². The number of ether oxygens (including phenoxy) is 3. The number of hydrogen-bond donors (Lipinski definition) is 1. The van der Waals surface area contributed by atoms with Gasteiger partial charge in [-0.1, -0.05) is 17.7 Å². The zero-order chi connectivity index (χ0) is 14.0. The monoisotopic (exact) mass is 297 g/mol. The van der Waals surface area contributed by atoms with Gasteiger partial charge in [0.15, 0.2) is 5.75 Å². The molecule has 0 aromatic heterocycles. The Morgan fingerprint density at radius 1 is 1.25 bits per heavy atom. The SMILES string of the molecule is Nc1cccc(Cl)c1OC1CCOC2(CCOCC2)C1. The summed E-state index contributed by atoms with van der Waals surface area (Å²) in [5.74, 6) is 0.600. The van der Waals surface area contributed by atoms with Gasteiger partial charge in [0.05, 0.1) is 22.9 Å². The summed E-state index contributed by atoms with van der Waals surface area (Å²) in [5.41, 5.74) is 6.45. The first kappa shape index (κ1) is 14.0. The first-order chi connectivity index (χ1) is 9.69. The summed E-state index contributed by atoms with van der Waals surface area (Å²) in [5, 5.41) is 0.567. The van der Waals surface area contributed by atoms with Crippen LogP contribution in [0.1, 0.15) is 25.7 Å². The van der Waals surface area contributed by atoms with E-state index in [0.29, 0.717) is 16.5 Å². The number of nitrogens with two attached hydrogens (primary N) is 1. The van der Waals surface area contributed by atoms with Gasteiger partial charge in [-0.25, -0.2) is 0 Å². The number of benzene rings is 1. The van der Waals surface area contributed by atoms with Gasteiger partial charge in [0.1, 0.15) is 6.10 Å². The van der Waals surface area contributed by atoms with Crippen molar-refractivity contribution in [2.75, 3.05) is 25.6 Å². The van der Waals surface area contributed by atoms with Crippen molar-refractivity contribution in [3.8, 4) is 5.75 Å². The second kappa shape index (κ2) is 5.80. The molecule has 2 heterocycles. The van der Waals surface area contributed by atoms with Gasteiger partial charge in [-0.15, -0.1) is 0 Å². The van der Waals surface area contributed by atoms with Crippen LogP contribution in [0.25, 0.3) is 0 Å². The van der Waals surface area contributed by atoms with Crippen molar-refractivity contribution in [3.05, 3.63) is 23.2 Å². The molecule has 0 bridgehead atoms. The van der Waals surface area contributed by atoms with Crippen molar-refractivity contribution < 1.29 is 14.2 Å². The summed E-state index contributed by atoms with van der Waals surface area (Å²) in [6.07, 6.45) is 3.72. The van der Waals surface area contributed by atoms with E-state index in [4.69, 9.17) is 31.5 Å². The topological polar surface area (TPSA) is 53.7 Å². The molecular weight excluding hydrogens is 278 g/mol. The minimum atomic E-state index is -0.0861. The third-order valence-electron chi connectivity index (χ3n) is 4.13. The fourth-order valence-corrected chi connectivity index (χ4v) is 3.22. The van der Waals surface area contributed by atoms with Gasteiger partial charge in [-0.05, 0) is 25.0 Å². The van der Waals surface area contributed by atoms with Gasteiger partial charge in [-0.3, -0.25) is 0 Å². The van der Waals surface area contributed by atoms with Crippen LogP contribution in [0.15, 0.2) is 18.2 Å². The molecule has 2 aliphatic rings. The number of anilines is 1. The smallest absolute Gasteiger partial charge is 0.161 e. The lowest BCUT2D eigenvalue weighted by Gasteiger charge is -2.43. The second-order valence-corrected chi connectivity index (χ2v) is 5.94. The third kappa shape index (κ3) is 2.87. The number of halogens is 1. The van der Waals surface area contributed by atoms with Crippen LogP contribution < -0.4 is 10.5 Å². The Kier molecular flexibility index (Phi) is 4.06. The maximum atomic E-state index is 6.17. The lowest BCUT2D eigenvalue weighted by atomic mass is 9.85. The van der Waals surface area contributed by atoms with Crippen molar-refractivity contribution in [2.24, 2.45) is 0 Å². The van der Waals surface area contributed by atoms with Crippen molar-refractivity contribution in [2.45, 2.75) is 37.4 Å². The second-order valence-electron chi connectivity index (χ2n) is 5.53. The molecule has 110 valence electrons. The molecule has 1 unspecified atom stereocenters. The van der Waals surface area contributed by atoms with Crippen LogP contribution in [0.2, 0.25) is 5.02 Å². The molecule has 1 aromatic carbocycles. The van der Waals surface area contributed by atoms with Crippen molar-refractivity contribution in [1.29, 1.82) is 0 Å². The van der Waals surface area contributed by atoms with Crippen LogP contribution >= 0.6 is 11.6 Å². The minimum Gasteiger partial charge on any atom is -0.486 e. The zero-order valence-corrected chi connectivity index (χ0v) is 12.2. The Morgan fingerprint density at radius 2 is 2.05 bits per heavy atom. The standard InChI is InChI=1S/C15H20ClNO3/c16-12-2-1-3-13(17)14(12)20-11-4-7-19-15(10-11)5-8-18-9-6-15/h1-3,11H,4-10,17H2. The summed E-state index contributed by atoms with van der Waals surface area (Å²) in [4.78, 5) is 0. The fourth-order valence-electron chi connectivity index (χ4n) is 2.99. The van der Waals surface area contributed by atoms with Gasteiger partial charge in [0.2, 0.25) is 0 Å². The molecular formula is C15H20ClNO3. The minimum absolute atomic E-state index is 0.0861. The number of hydrogen-bond acceptors (Lipinski definition) is 4. The van der Waals surface area contributed by atoms with Crippen molar-refractivity contribution in [3.63, 3.8) is 0 Å². The molecule has 1 aromatic rings. The lowest BCUT2D eigenvalue weighted by Crippen LogP contribution is -2.47. The van der Waals surface area contributed by atoms with E-state index in [0.717, 1.165) is 45.5 Å². The predicted octanol–water partition coefficient (Wildman–Crippen LogP) is 3.03. The average molecular weight is 298 g/mol. The molecule has 5 heteroatoms. The highest BCUT2D eigenvalue weighted by Crippen LogP contribution is 2.38. The molecule has 0 amide bonds. The fraction of sp³-hybridized carbons (Fsp3) is 0.600. The molecule has 1 atom stereocenters. The Labute approximate surface area is 124 Å². The lowest BCUT2D eigenvalue weighted by molar-refractivity contribution is -0.155. The van der Waals surface area contributed by atoms with Crippen molar-refractivity contribution >= 4 is 17.3 Å². The Morgan fingerprint density at radius 3 is 2.80 bits per heavy atom. The van der Waals surface area contributed by atoms with E-state index in [9.17, 15) is 0 Å². The Bertz CT molecular complexity index is 448.